The van der Waals surface area contributed by atoms with E-state index in [1.54, 1.807) is 40.4 Å². The first-order chi connectivity index (χ1) is 11.7. The van der Waals surface area contributed by atoms with Crippen LogP contribution in [0, 0.1) is 0 Å². The number of anilines is 1. The van der Waals surface area contributed by atoms with Gasteiger partial charge in [0, 0.05) is 21.6 Å². The van der Waals surface area contributed by atoms with Gasteiger partial charge in [0.05, 0.1) is 5.69 Å². The summed E-state index contributed by atoms with van der Waals surface area (Å²) in [6.45, 7) is 0. The van der Waals surface area contributed by atoms with Crippen LogP contribution >= 0.6 is 22.9 Å². The van der Waals surface area contributed by atoms with Crippen LogP contribution in [0.25, 0.3) is 15.8 Å². The number of hydrogen-bond donors (Lipinski definition) is 1. The van der Waals surface area contributed by atoms with E-state index in [2.05, 4.69) is 10.4 Å². The van der Waals surface area contributed by atoms with E-state index in [9.17, 15) is 4.79 Å². The highest BCUT2D eigenvalue weighted by atomic mass is 35.5. The Labute approximate surface area is 147 Å². The van der Waals surface area contributed by atoms with Crippen molar-refractivity contribution in [3.05, 3.63) is 76.9 Å². The summed E-state index contributed by atoms with van der Waals surface area (Å²) in [4.78, 5) is 12.4. The molecule has 4 rings (SSSR count). The first kappa shape index (κ1) is 14.9. The number of nitrogens with zero attached hydrogens (tertiary/aromatic N) is 2. The molecule has 1 amide bonds. The maximum atomic E-state index is 12.4. The van der Waals surface area contributed by atoms with E-state index in [0.29, 0.717) is 10.7 Å². The number of amides is 1. The molecule has 0 fully saturated rings. The Hall–Kier alpha value is -2.63. The second-order valence-corrected chi connectivity index (χ2v) is 6.64. The Balaban J connectivity index is 1.56. The molecule has 4 nitrogen and oxygen atoms in total. The fourth-order valence-electron chi connectivity index (χ4n) is 2.45. The predicted octanol–water partition coefficient (Wildman–Crippen LogP) is 4.99. The van der Waals surface area contributed by atoms with E-state index in [0.717, 1.165) is 16.8 Å². The lowest BCUT2D eigenvalue weighted by Crippen LogP contribution is -2.13. The second kappa shape index (κ2) is 6.11. The minimum Gasteiger partial charge on any atom is -0.321 e. The van der Waals surface area contributed by atoms with Crippen molar-refractivity contribution in [2.45, 2.75) is 0 Å². The molecule has 0 aliphatic rings. The van der Waals surface area contributed by atoms with Crippen molar-refractivity contribution >= 4 is 44.6 Å². The lowest BCUT2D eigenvalue weighted by atomic mass is 10.2. The van der Waals surface area contributed by atoms with Gasteiger partial charge in [-0.15, -0.1) is 11.3 Å². The standard InChI is InChI=1S/C18H12ClN3OS/c19-13-2-1-3-15(11-13)22-8-6-16(21-22)18(23)20-14-4-5-17-12(10-14)7-9-24-17/h1-11H,(H,20,23). The Morgan fingerprint density at radius 3 is 2.92 bits per heavy atom. The van der Waals surface area contributed by atoms with Gasteiger partial charge in [-0.2, -0.15) is 5.10 Å². The monoisotopic (exact) mass is 353 g/mol. The molecule has 0 atom stereocenters. The maximum Gasteiger partial charge on any atom is 0.276 e. The third-order valence-corrected chi connectivity index (χ3v) is 4.74. The smallest absolute Gasteiger partial charge is 0.276 e. The van der Waals surface area contributed by atoms with E-state index in [-0.39, 0.29) is 5.91 Å². The molecule has 2 aromatic carbocycles. The molecule has 118 valence electrons. The Morgan fingerprint density at radius 1 is 1.12 bits per heavy atom. The third kappa shape index (κ3) is 2.91. The molecule has 0 aliphatic heterocycles. The van der Waals surface area contributed by atoms with Gasteiger partial charge in [-0.3, -0.25) is 4.79 Å². The normalized spacial score (nSPS) is 10.9. The SMILES string of the molecule is O=C(Nc1ccc2sccc2c1)c1ccn(-c2cccc(Cl)c2)n1. The zero-order valence-corrected chi connectivity index (χ0v) is 14.0. The van der Waals surface area contributed by atoms with Crippen LogP contribution in [0.3, 0.4) is 0 Å². The summed E-state index contributed by atoms with van der Waals surface area (Å²) < 4.78 is 2.82. The van der Waals surface area contributed by atoms with E-state index in [1.807, 2.05) is 41.8 Å². The zero-order valence-electron chi connectivity index (χ0n) is 12.4. The average Bonchev–Trinajstić information content (AvgIpc) is 3.24. The van der Waals surface area contributed by atoms with Crippen LogP contribution in [-0.2, 0) is 0 Å². The minimum atomic E-state index is -0.245. The fourth-order valence-corrected chi connectivity index (χ4v) is 3.40. The summed E-state index contributed by atoms with van der Waals surface area (Å²) >= 11 is 7.66. The number of aromatic nitrogens is 2. The zero-order chi connectivity index (χ0) is 16.5. The quantitative estimate of drug-likeness (QED) is 0.563. The summed E-state index contributed by atoms with van der Waals surface area (Å²) in [5.41, 5.74) is 1.91. The molecule has 2 heterocycles. The lowest BCUT2D eigenvalue weighted by molar-refractivity contribution is 0.102. The van der Waals surface area contributed by atoms with Gasteiger partial charge in [0.15, 0.2) is 5.69 Å². The van der Waals surface area contributed by atoms with Crippen LogP contribution in [-0.4, -0.2) is 15.7 Å². The second-order valence-electron chi connectivity index (χ2n) is 5.25. The minimum absolute atomic E-state index is 0.245. The summed E-state index contributed by atoms with van der Waals surface area (Å²) in [5, 5.41) is 11.0. The number of carbonyl (C=O) groups excluding carboxylic acids is 1. The van der Waals surface area contributed by atoms with Gasteiger partial charge in [-0.1, -0.05) is 17.7 Å². The number of hydrogen-bond acceptors (Lipinski definition) is 3. The molecule has 6 heteroatoms. The van der Waals surface area contributed by atoms with Crippen LogP contribution in [0.2, 0.25) is 5.02 Å². The Bertz CT molecular complexity index is 1040. The number of halogens is 1. The number of carbonyl (C=O) groups is 1. The Kier molecular flexibility index (Phi) is 3.80. The van der Waals surface area contributed by atoms with Gasteiger partial charge in [0.25, 0.3) is 5.91 Å². The fraction of sp³-hybridized carbons (Fsp3) is 0. The molecule has 2 aromatic heterocycles. The lowest BCUT2D eigenvalue weighted by Gasteiger charge is -2.04. The van der Waals surface area contributed by atoms with Crippen LogP contribution in [0.1, 0.15) is 10.5 Å². The van der Waals surface area contributed by atoms with Crippen molar-refractivity contribution < 1.29 is 4.79 Å². The van der Waals surface area contributed by atoms with Gasteiger partial charge in [-0.05, 0) is 59.3 Å². The van der Waals surface area contributed by atoms with E-state index < -0.39 is 0 Å². The third-order valence-electron chi connectivity index (χ3n) is 3.60. The summed E-state index contributed by atoms with van der Waals surface area (Å²) in [6, 6.07) is 16.9. The summed E-state index contributed by atoms with van der Waals surface area (Å²) in [6.07, 6.45) is 1.74. The number of thiophene rings is 1. The highest BCUT2D eigenvalue weighted by Gasteiger charge is 2.11. The molecular weight excluding hydrogens is 342 g/mol. The molecule has 1 N–H and O–H groups in total. The first-order valence-corrected chi connectivity index (χ1v) is 8.55. The summed E-state index contributed by atoms with van der Waals surface area (Å²) in [5.74, 6) is -0.245. The molecule has 0 spiro atoms. The van der Waals surface area contributed by atoms with Crippen molar-refractivity contribution in [1.29, 1.82) is 0 Å². The van der Waals surface area contributed by atoms with Gasteiger partial charge in [0.1, 0.15) is 0 Å². The van der Waals surface area contributed by atoms with Crippen molar-refractivity contribution in [3.8, 4) is 5.69 Å². The van der Waals surface area contributed by atoms with Crippen LogP contribution in [0.15, 0.2) is 66.2 Å². The molecule has 0 saturated heterocycles. The molecule has 0 saturated carbocycles. The molecule has 0 radical (unpaired) electrons. The van der Waals surface area contributed by atoms with Crippen molar-refractivity contribution in [2.75, 3.05) is 5.32 Å². The molecule has 0 bridgehead atoms. The van der Waals surface area contributed by atoms with Crippen LogP contribution in [0.4, 0.5) is 5.69 Å². The molecule has 0 aliphatic carbocycles. The molecule has 4 aromatic rings. The van der Waals surface area contributed by atoms with Crippen molar-refractivity contribution in [3.63, 3.8) is 0 Å². The topological polar surface area (TPSA) is 46.9 Å². The van der Waals surface area contributed by atoms with Gasteiger partial charge in [-0.25, -0.2) is 4.68 Å². The first-order valence-electron chi connectivity index (χ1n) is 7.29. The number of nitrogens with one attached hydrogen (secondary N) is 1. The van der Waals surface area contributed by atoms with Gasteiger partial charge < -0.3 is 5.32 Å². The van der Waals surface area contributed by atoms with Gasteiger partial charge >= 0.3 is 0 Å². The number of rotatable bonds is 3. The number of fused-ring (bicyclic) bond motifs is 1. The Morgan fingerprint density at radius 2 is 2.04 bits per heavy atom. The number of benzene rings is 2. The largest absolute Gasteiger partial charge is 0.321 e. The van der Waals surface area contributed by atoms with Crippen molar-refractivity contribution in [1.82, 2.24) is 9.78 Å². The van der Waals surface area contributed by atoms with Crippen LogP contribution < -0.4 is 5.32 Å². The van der Waals surface area contributed by atoms with E-state index >= 15 is 0 Å². The average molecular weight is 354 g/mol. The highest BCUT2D eigenvalue weighted by molar-refractivity contribution is 7.17. The highest BCUT2D eigenvalue weighted by Crippen LogP contribution is 2.24. The van der Waals surface area contributed by atoms with E-state index in [4.69, 9.17) is 11.6 Å². The molecule has 24 heavy (non-hydrogen) atoms. The maximum absolute atomic E-state index is 12.4. The predicted molar refractivity (Wildman–Crippen MR) is 98.4 cm³/mol. The van der Waals surface area contributed by atoms with Gasteiger partial charge in [0.2, 0.25) is 0 Å². The summed E-state index contributed by atoms with van der Waals surface area (Å²) in [7, 11) is 0. The van der Waals surface area contributed by atoms with Crippen LogP contribution in [0.5, 0.6) is 0 Å². The van der Waals surface area contributed by atoms with Crippen molar-refractivity contribution in [2.24, 2.45) is 0 Å². The van der Waals surface area contributed by atoms with E-state index in [1.165, 1.54) is 4.70 Å². The molecule has 0 unspecified atom stereocenters. The molecular formula is C18H12ClN3OS.